The number of carboxylic acids is 1. The monoisotopic (exact) mass is 283 g/mol. The predicted octanol–water partition coefficient (Wildman–Crippen LogP) is 2.45. The van der Waals surface area contributed by atoms with Gasteiger partial charge in [-0.2, -0.15) is 0 Å². The van der Waals surface area contributed by atoms with Gasteiger partial charge in [-0.1, -0.05) is 26.7 Å². The van der Waals surface area contributed by atoms with Crippen molar-refractivity contribution in [2.45, 2.75) is 39.5 Å². The summed E-state index contributed by atoms with van der Waals surface area (Å²) < 4.78 is 5.18. The number of anilines is 1. The number of rotatable bonds is 8. The van der Waals surface area contributed by atoms with Crippen LogP contribution < -0.4 is 10.3 Å². The fourth-order valence-corrected chi connectivity index (χ4v) is 1.81. The fourth-order valence-electron chi connectivity index (χ4n) is 1.81. The van der Waals surface area contributed by atoms with Gasteiger partial charge in [-0.25, -0.2) is 4.79 Å². The number of aromatic carboxylic acids is 1. The van der Waals surface area contributed by atoms with E-state index in [1.807, 2.05) is 13.8 Å². The van der Waals surface area contributed by atoms with Gasteiger partial charge >= 0.3 is 5.97 Å². The van der Waals surface area contributed by atoms with Gasteiger partial charge in [-0.15, -0.1) is 0 Å². The zero-order chi connectivity index (χ0) is 15.1. The van der Waals surface area contributed by atoms with E-state index in [1.165, 1.54) is 0 Å². The fraction of sp³-hybridized carbons (Fsp3) is 0.571. The summed E-state index contributed by atoms with van der Waals surface area (Å²) in [6.07, 6.45) is 3.63. The summed E-state index contributed by atoms with van der Waals surface area (Å²) in [5.41, 5.74) is -0.735. The number of unbranched alkanes of at least 4 members (excludes halogenated alkanes) is 2. The van der Waals surface area contributed by atoms with Gasteiger partial charge in [0.05, 0.1) is 0 Å². The quantitative estimate of drug-likeness (QED) is 0.761. The minimum absolute atomic E-state index is 0.0446. The molecule has 6 nitrogen and oxygen atoms in total. The molecule has 2 N–H and O–H groups in total. The first-order valence-electron chi connectivity index (χ1n) is 6.86. The summed E-state index contributed by atoms with van der Waals surface area (Å²) in [5.74, 6) is -2.35. The van der Waals surface area contributed by atoms with Crippen LogP contribution in [0.4, 0.5) is 5.88 Å². The lowest BCUT2D eigenvalue weighted by molar-refractivity contribution is 0.0660. The third-order valence-electron chi connectivity index (χ3n) is 2.97. The Kier molecular flexibility index (Phi) is 6.09. The van der Waals surface area contributed by atoms with E-state index in [0.29, 0.717) is 13.1 Å². The first kappa shape index (κ1) is 16.1. The largest absolute Gasteiger partial charge is 0.500 e. The van der Waals surface area contributed by atoms with Gasteiger partial charge in [0, 0.05) is 19.2 Å². The van der Waals surface area contributed by atoms with Crippen molar-refractivity contribution in [1.82, 2.24) is 0 Å². The van der Waals surface area contributed by atoms with Crippen LogP contribution >= 0.6 is 0 Å². The molecule has 0 radical (unpaired) electrons. The lowest BCUT2D eigenvalue weighted by atomic mass is 10.2. The van der Waals surface area contributed by atoms with Crippen LogP contribution in [0.2, 0.25) is 0 Å². The third kappa shape index (κ3) is 4.01. The maximum atomic E-state index is 11.6. The van der Waals surface area contributed by atoms with Crippen molar-refractivity contribution in [3.05, 3.63) is 22.0 Å². The first-order chi connectivity index (χ1) is 9.51. The van der Waals surface area contributed by atoms with E-state index in [0.717, 1.165) is 31.7 Å². The zero-order valence-corrected chi connectivity index (χ0v) is 11.9. The molecule has 112 valence electrons. The molecule has 0 aliphatic rings. The van der Waals surface area contributed by atoms with Gasteiger partial charge in [0.25, 0.3) is 0 Å². The molecule has 0 aliphatic heterocycles. The average molecular weight is 283 g/mol. The molecule has 0 saturated carbocycles. The molecule has 1 rings (SSSR count). The first-order valence-corrected chi connectivity index (χ1v) is 6.86. The standard InChI is InChI=1S/C14H21NO5/c1-3-5-7-15(8-6-4-2)13-12(17)10(16)9-11(20-13)14(18)19/h9,17H,3-8H2,1-2H3,(H,18,19). The highest BCUT2D eigenvalue weighted by Crippen LogP contribution is 2.25. The Labute approximate surface area is 117 Å². The SMILES string of the molecule is CCCCN(CCCC)c1oc(C(=O)O)cc(=O)c1O. The van der Waals surface area contributed by atoms with Crippen LogP contribution in [0.3, 0.4) is 0 Å². The summed E-state index contributed by atoms with van der Waals surface area (Å²) in [5, 5.41) is 18.8. The molecule has 0 spiro atoms. The summed E-state index contributed by atoms with van der Waals surface area (Å²) >= 11 is 0. The van der Waals surface area contributed by atoms with E-state index in [9.17, 15) is 14.7 Å². The van der Waals surface area contributed by atoms with Crippen molar-refractivity contribution in [3.8, 4) is 5.75 Å². The molecular formula is C14H21NO5. The smallest absolute Gasteiger partial charge is 0.372 e. The Bertz CT molecular complexity index is 501. The van der Waals surface area contributed by atoms with Crippen LogP contribution in [0.5, 0.6) is 5.75 Å². The van der Waals surface area contributed by atoms with E-state index in [4.69, 9.17) is 9.52 Å². The highest BCUT2D eigenvalue weighted by Gasteiger charge is 2.20. The molecule has 1 heterocycles. The van der Waals surface area contributed by atoms with Crippen LogP contribution in [0.25, 0.3) is 0 Å². The van der Waals surface area contributed by atoms with E-state index in [-0.39, 0.29) is 5.88 Å². The second kappa shape index (κ2) is 7.57. The lowest BCUT2D eigenvalue weighted by Gasteiger charge is -2.23. The topological polar surface area (TPSA) is 91.0 Å². The van der Waals surface area contributed by atoms with Gasteiger partial charge in [0.15, 0.2) is 0 Å². The summed E-state index contributed by atoms with van der Waals surface area (Å²) in [4.78, 5) is 24.3. The zero-order valence-electron chi connectivity index (χ0n) is 11.9. The Balaban J connectivity index is 3.15. The normalized spacial score (nSPS) is 10.5. The molecule has 6 heteroatoms. The molecular weight excluding hydrogens is 262 g/mol. The minimum atomic E-state index is -1.32. The van der Waals surface area contributed by atoms with E-state index < -0.39 is 22.9 Å². The van der Waals surface area contributed by atoms with E-state index >= 15 is 0 Å². The van der Waals surface area contributed by atoms with Gasteiger partial charge in [-0.05, 0) is 12.8 Å². The van der Waals surface area contributed by atoms with Crippen LogP contribution in [0.1, 0.15) is 50.1 Å². The van der Waals surface area contributed by atoms with Gasteiger partial charge in [0.2, 0.25) is 22.8 Å². The van der Waals surface area contributed by atoms with Crippen molar-refractivity contribution >= 4 is 11.9 Å². The van der Waals surface area contributed by atoms with Crippen LogP contribution in [-0.2, 0) is 0 Å². The van der Waals surface area contributed by atoms with Gasteiger partial charge in [0.1, 0.15) is 0 Å². The molecule has 1 aromatic heterocycles. The molecule has 0 bridgehead atoms. The molecule has 1 aromatic rings. The molecule has 0 atom stereocenters. The van der Waals surface area contributed by atoms with E-state index in [1.54, 1.807) is 4.90 Å². The molecule has 20 heavy (non-hydrogen) atoms. The maximum Gasteiger partial charge on any atom is 0.372 e. The molecule has 0 amide bonds. The molecule has 0 aliphatic carbocycles. The van der Waals surface area contributed by atoms with Crippen LogP contribution in [0.15, 0.2) is 15.3 Å². The van der Waals surface area contributed by atoms with Crippen LogP contribution in [0, 0.1) is 0 Å². The Morgan fingerprint density at radius 3 is 2.25 bits per heavy atom. The number of carbonyl (C=O) groups is 1. The Morgan fingerprint density at radius 1 is 1.25 bits per heavy atom. The Hall–Kier alpha value is -1.98. The lowest BCUT2D eigenvalue weighted by Crippen LogP contribution is -2.27. The van der Waals surface area contributed by atoms with Crippen molar-refractivity contribution in [2.24, 2.45) is 0 Å². The second-order valence-electron chi connectivity index (χ2n) is 4.63. The average Bonchev–Trinajstić information content (AvgIpc) is 2.42. The van der Waals surface area contributed by atoms with Gasteiger partial charge in [-0.3, -0.25) is 4.79 Å². The number of carboxylic acid groups (broad SMARTS) is 1. The van der Waals surface area contributed by atoms with Gasteiger partial charge < -0.3 is 19.5 Å². The highest BCUT2D eigenvalue weighted by atomic mass is 16.4. The number of aromatic hydroxyl groups is 1. The van der Waals surface area contributed by atoms with Crippen molar-refractivity contribution in [2.75, 3.05) is 18.0 Å². The summed E-state index contributed by atoms with van der Waals surface area (Å²) in [6, 6.07) is 0.791. The molecule has 0 fully saturated rings. The predicted molar refractivity (Wildman–Crippen MR) is 75.6 cm³/mol. The molecule has 0 unspecified atom stereocenters. The number of hydrogen-bond acceptors (Lipinski definition) is 5. The van der Waals surface area contributed by atoms with Crippen molar-refractivity contribution < 1.29 is 19.4 Å². The highest BCUT2D eigenvalue weighted by molar-refractivity contribution is 5.84. The van der Waals surface area contributed by atoms with Crippen LogP contribution in [-0.4, -0.2) is 29.3 Å². The number of nitrogens with zero attached hydrogens (tertiary/aromatic N) is 1. The van der Waals surface area contributed by atoms with Crippen molar-refractivity contribution in [3.63, 3.8) is 0 Å². The molecule has 0 aromatic carbocycles. The summed E-state index contributed by atoms with van der Waals surface area (Å²) in [6.45, 7) is 5.27. The maximum absolute atomic E-state index is 11.6. The minimum Gasteiger partial charge on any atom is -0.500 e. The Morgan fingerprint density at radius 2 is 1.80 bits per heavy atom. The molecule has 0 saturated heterocycles. The third-order valence-corrected chi connectivity index (χ3v) is 2.97. The number of hydrogen-bond donors (Lipinski definition) is 2. The second-order valence-corrected chi connectivity index (χ2v) is 4.63. The van der Waals surface area contributed by atoms with E-state index in [2.05, 4.69) is 0 Å². The van der Waals surface area contributed by atoms with Crippen molar-refractivity contribution in [1.29, 1.82) is 0 Å². The summed E-state index contributed by atoms with van der Waals surface area (Å²) in [7, 11) is 0.